The van der Waals surface area contributed by atoms with Crippen LogP contribution in [0.3, 0.4) is 0 Å². The Balaban J connectivity index is 1.68. The Morgan fingerprint density at radius 1 is 1.38 bits per heavy atom. The largest absolute Gasteiger partial charge is 0.491 e. The first-order valence-corrected chi connectivity index (χ1v) is 8.99. The van der Waals surface area contributed by atoms with Crippen molar-refractivity contribution in [3.63, 3.8) is 0 Å². The molecule has 0 spiro atoms. The van der Waals surface area contributed by atoms with Gasteiger partial charge in [-0.15, -0.1) is 0 Å². The van der Waals surface area contributed by atoms with Crippen molar-refractivity contribution in [2.45, 2.75) is 32.0 Å². The molecule has 2 amide bonds. The van der Waals surface area contributed by atoms with Gasteiger partial charge in [0.05, 0.1) is 12.1 Å². The predicted octanol–water partition coefficient (Wildman–Crippen LogP) is 1.82. The Morgan fingerprint density at radius 2 is 2.17 bits per heavy atom. The molecule has 1 aromatic carbocycles. The number of amides is 2. The Morgan fingerprint density at radius 3 is 2.90 bits per heavy atom. The molecule has 11 heteroatoms. The summed E-state index contributed by atoms with van der Waals surface area (Å²) in [7, 11) is 0. The van der Waals surface area contributed by atoms with E-state index in [4.69, 9.17) is 15.2 Å². The van der Waals surface area contributed by atoms with E-state index in [0.29, 0.717) is 36.0 Å². The summed E-state index contributed by atoms with van der Waals surface area (Å²) in [6.45, 7) is 1.99. The molecule has 9 nitrogen and oxygen atoms in total. The van der Waals surface area contributed by atoms with Gasteiger partial charge in [-0.1, -0.05) is 0 Å². The number of primary amides is 1. The average molecular weight is 407 g/mol. The number of rotatable bonds is 5. The second-order valence-electron chi connectivity index (χ2n) is 6.79. The van der Waals surface area contributed by atoms with Crippen LogP contribution in [0.25, 0.3) is 11.4 Å². The molecule has 3 N–H and O–H groups in total. The van der Waals surface area contributed by atoms with Crippen molar-refractivity contribution in [1.29, 1.82) is 0 Å². The van der Waals surface area contributed by atoms with Gasteiger partial charge in [0.2, 0.25) is 5.91 Å². The quantitative estimate of drug-likeness (QED) is 0.782. The number of alkyl halides is 2. The van der Waals surface area contributed by atoms with E-state index in [1.54, 1.807) is 29.7 Å². The second kappa shape index (κ2) is 7.22. The number of nitrogens with two attached hydrogens (primary N) is 1. The van der Waals surface area contributed by atoms with Crippen LogP contribution in [0, 0.1) is 0 Å². The molecule has 0 saturated carbocycles. The molecule has 2 aliphatic rings. The van der Waals surface area contributed by atoms with Gasteiger partial charge < -0.3 is 25.1 Å². The number of anilines is 2. The number of carbonyl (C=O) groups excluding carboxylic acids is 2. The zero-order valence-corrected chi connectivity index (χ0v) is 15.5. The first-order valence-electron chi connectivity index (χ1n) is 8.99. The summed E-state index contributed by atoms with van der Waals surface area (Å²) in [6, 6.07) is 3.24. The average Bonchev–Trinajstić information content (AvgIpc) is 3.21. The number of aromatic nitrogens is 2. The smallest absolute Gasteiger partial charge is 0.416 e. The van der Waals surface area contributed by atoms with Gasteiger partial charge in [0.25, 0.3) is 6.43 Å². The van der Waals surface area contributed by atoms with Gasteiger partial charge in [0.15, 0.2) is 5.82 Å². The number of benzene rings is 1. The van der Waals surface area contributed by atoms with Crippen LogP contribution in [-0.4, -0.2) is 53.3 Å². The lowest BCUT2D eigenvalue weighted by Crippen LogP contribution is -2.38. The van der Waals surface area contributed by atoms with E-state index in [9.17, 15) is 18.4 Å². The number of fused-ring (bicyclic) bond motifs is 3. The maximum Gasteiger partial charge on any atom is 0.416 e. The van der Waals surface area contributed by atoms with Crippen molar-refractivity contribution in [3.8, 4) is 17.1 Å². The lowest BCUT2D eigenvalue weighted by Gasteiger charge is -2.17. The van der Waals surface area contributed by atoms with E-state index in [-0.39, 0.29) is 12.4 Å². The molecular weight excluding hydrogens is 388 g/mol. The number of carbonyl (C=O) groups is 2. The number of nitrogens with zero attached hydrogens (tertiary/aromatic N) is 3. The molecule has 0 bridgehead atoms. The summed E-state index contributed by atoms with van der Waals surface area (Å²) >= 11 is 0. The molecule has 29 heavy (non-hydrogen) atoms. The van der Waals surface area contributed by atoms with Crippen LogP contribution in [-0.2, 0) is 16.1 Å². The maximum absolute atomic E-state index is 13.3. The number of ether oxygens (including phenoxy) is 2. The molecule has 2 aliphatic heterocycles. The highest BCUT2D eigenvalue weighted by molar-refractivity contribution is 5.90. The van der Waals surface area contributed by atoms with Gasteiger partial charge >= 0.3 is 6.09 Å². The molecule has 2 atom stereocenters. The van der Waals surface area contributed by atoms with Gasteiger partial charge in [-0.25, -0.2) is 23.5 Å². The van der Waals surface area contributed by atoms with Gasteiger partial charge in [-0.05, 0) is 19.1 Å². The normalized spacial score (nSPS) is 19.1. The molecule has 0 aliphatic carbocycles. The van der Waals surface area contributed by atoms with Gasteiger partial charge in [0.1, 0.15) is 36.9 Å². The molecule has 2 aromatic rings. The molecule has 154 valence electrons. The molecule has 1 saturated heterocycles. The maximum atomic E-state index is 13.3. The van der Waals surface area contributed by atoms with Crippen LogP contribution in [0.4, 0.5) is 25.1 Å². The molecule has 1 aromatic heterocycles. The summed E-state index contributed by atoms with van der Waals surface area (Å²) in [6.07, 6.45) is -2.06. The third-order valence-electron chi connectivity index (χ3n) is 4.83. The number of halogens is 2. The van der Waals surface area contributed by atoms with Crippen LogP contribution in [0.1, 0.15) is 6.92 Å². The minimum Gasteiger partial charge on any atom is -0.491 e. The fourth-order valence-electron chi connectivity index (χ4n) is 3.28. The molecule has 0 radical (unpaired) electrons. The molecule has 3 heterocycles. The fourth-order valence-corrected chi connectivity index (χ4v) is 3.28. The zero-order chi connectivity index (χ0) is 20.7. The van der Waals surface area contributed by atoms with Crippen molar-refractivity contribution in [2.75, 3.05) is 23.4 Å². The van der Waals surface area contributed by atoms with Crippen LogP contribution < -0.4 is 20.7 Å². The lowest BCUT2D eigenvalue weighted by atomic mass is 10.1. The zero-order valence-electron chi connectivity index (χ0n) is 15.5. The first kappa shape index (κ1) is 19.0. The number of cyclic esters (lactones) is 1. The minimum absolute atomic E-state index is 0.102. The van der Waals surface area contributed by atoms with Gasteiger partial charge in [-0.3, -0.25) is 4.79 Å². The number of hydrogen-bond acceptors (Lipinski definition) is 6. The van der Waals surface area contributed by atoms with Crippen molar-refractivity contribution in [1.82, 2.24) is 9.55 Å². The third kappa shape index (κ3) is 3.43. The predicted molar refractivity (Wildman–Crippen MR) is 99.1 cm³/mol. The van der Waals surface area contributed by atoms with Crippen molar-refractivity contribution >= 4 is 23.5 Å². The standard InChI is InChI=1S/C18H19F2N5O4/c1-9(16(21)26)22-10-2-3-11-13(6-10)28-5-4-24-7-14(23-17(11)24)25-12(15(19)20)8-29-18(25)27/h2-3,6-7,9,12,15,22H,4-5,8H2,1H3,(H2,21,26). The van der Waals surface area contributed by atoms with Crippen LogP contribution in [0.15, 0.2) is 24.4 Å². The highest BCUT2D eigenvalue weighted by atomic mass is 19.3. The summed E-state index contributed by atoms with van der Waals surface area (Å²) in [5, 5.41) is 2.98. The molecule has 2 unspecified atom stereocenters. The van der Waals surface area contributed by atoms with E-state index < -0.39 is 30.5 Å². The van der Waals surface area contributed by atoms with Crippen LogP contribution in [0.2, 0.25) is 0 Å². The van der Waals surface area contributed by atoms with Crippen LogP contribution in [0.5, 0.6) is 5.75 Å². The summed E-state index contributed by atoms with van der Waals surface area (Å²) in [4.78, 5) is 28.5. The van der Waals surface area contributed by atoms with E-state index in [0.717, 1.165) is 4.90 Å². The summed E-state index contributed by atoms with van der Waals surface area (Å²) in [5.41, 5.74) is 6.54. The lowest BCUT2D eigenvalue weighted by molar-refractivity contribution is -0.118. The van der Waals surface area contributed by atoms with Crippen LogP contribution >= 0.6 is 0 Å². The van der Waals surface area contributed by atoms with E-state index in [1.165, 1.54) is 6.20 Å². The molecular formula is C18H19F2N5O4. The topological polar surface area (TPSA) is 112 Å². The Labute approximate surface area is 164 Å². The highest BCUT2D eigenvalue weighted by Gasteiger charge is 2.42. The fraction of sp³-hybridized carbons (Fsp3) is 0.389. The van der Waals surface area contributed by atoms with E-state index >= 15 is 0 Å². The monoisotopic (exact) mass is 407 g/mol. The third-order valence-corrected chi connectivity index (χ3v) is 4.83. The van der Waals surface area contributed by atoms with Crippen molar-refractivity contribution in [3.05, 3.63) is 24.4 Å². The number of nitrogens with one attached hydrogen (secondary N) is 1. The SMILES string of the molecule is CC(Nc1ccc2c(c1)OCCn1cc(N3C(=O)OCC3C(F)F)nc1-2)C(N)=O. The Bertz CT molecular complexity index is 964. The first-order chi connectivity index (χ1) is 13.8. The Kier molecular flexibility index (Phi) is 4.73. The van der Waals surface area contributed by atoms with Gasteiger partial charge in [-0.2, -0.15) is 0 Å². The molecule has 1 fully saturated rings. The number of imidazole rings is 1. The van der Waals surface area contributed by atoms with Gasteiger partial charge in [0, 0.05) is 18.0 Å². The highest BCUT2D eigenvalue weighted by Crippen LogP contribution is 2.36. The minimum atomic E-state index is -2.75. The second-order valence-corrected chi connectivity index (χ2v) is 6.79. The summed E-state index contributed by atoms with van der Waals surface area (Å²) in [5.74, 6) is 0.601. The van der Waals surface area contributed by atoms with Crippen molar-refractivity contribution < 1.29 is 27.8 Å². The van der Waals surface area contributed by atoms with Crippen molar-refractivity contribution in [2.24, 2.45) is 5.73 Å². The van der Waals surface area contributed by atoms with E-state index in [2.05, 4.69) is 10.3 Å². The van der Waals surface area contributed by atoms with E-state index in [1.807, 2.05) is 0 Å². The summed E-state index contributed by atoms with van der Waals surface area (Å²) < 4.78 is 38.8. The Hall–Kier alpha value is -3.37. The number of hydrogen-bond donors (Lipinski definition) is 2. The molecule has 4 rings (SSSR count).